The Morgan fingerprint density at radius 2 is 1.94 bits per heavy atom. The number of amides is 1. The Morgan fingerprint density at radius 3 is 2.44 bits per heavy atom. The van der Waals surface area contributed by atoms with Crippen LogP contribution in [-0.4, -0.2) is 18.3 Å². The van der Waals surface area contributed by atoms with Gasteiger partial charge in [0.25, 0.3) is 5.91 Å². The molecule has 1 aliphatic rings. The predicted octanol–water partition coefficient (Wildman–Crippen LogP) is 3.10. The molecule has 2 nitrogen and oxygen atoms in total. The van der Waals surface area contributed by atoms with Crippen LogP contribution in [0.2, 0.25) is 0 Å². The number of rotatable bonds is 5. The van der Waals surface area contributed by atoms with Crippen LogP contribution in [0.1, 0.15) is 29.6 Å². The fraction of sp³-hybridized carbons (Fsp3) is 0.462. The largest absolute Gasteiger partial charge is 0.351 e. The van der Waals surface area contributed by atoms with E-state index in [1.54, 1.807) is 0 Å². The van der Waals surface area contributed by atoms with Crippen molar-refractivity contribution < 1.29 is 13.6 Å². The summed E-state index contributed by atoms with van der Waals surface area (Å²) in [7, 11) is 0. The number of benzene rings is 1. The van der Waals surface area contributed by atoms with Crippen molar-refractivity contribution in [1.82, 2.24) is 5.32 Å². The summed E-state index contributed by atoms with van der Waals surface area (Å²) in [5.41, 5.74) is -0.474. The van der Waals surface area contributed by atoms with Crippen LogP contribution in [0.3, 0.4) is 0 Å². The number of nitrogens with one attached hydrogen (secondary N) is 1. The van der Waals surface area contributed by atoms with Gasteiger partial charge in [0.1, 0.15) is 17.2 Å². The lowest BCUT2D eigenvalue weighted by Gasteiger charge is -2.14. The van der Waals surface area contributed by atoms with Gasteiger partial charge in [0.2, 0.25) is 0 Å². The van der Waals surface area contributed by atoms with Gasteiger partial charge >= 0.3 is 0 Å². The van der Waals surface area contributed by atoms with Crippen molar-refractivity contribution >= 4 is 17.5 Å². The van der Waals surface area contributed by atoms with E-state index in [1.165, 1.54) is 6.07 Å². The Labute approximate surface area is 109 Å². The maximum Gasteiger partial charge on any atom is 0.257 e. The second-order valence-corrected chi connectivity index (χ2v) is 5.10. The van der Waals surface area contributed by atoms with Crippen LogP contribution in [0.5, 0.6) is 0 Å². The van der Waals surface area contributed by atoms with Crippen molar-refractivity contribution in [3.8, 4) is 0 Å². The lowest BCUT2D eigenvalue weighted by Crippen LogP contribution is -2.31. The minimum absolute atomic E-state index is 0.0408. The van der Waals surface area contributed by atoms with E-state index in [0.717, 1.165) is 31.4 Å². The highest BCUT2D eigenvalue weighted by molar-refractivity contribution is 6.17. The van der Waals surface area contributed by atoms with Crippen LogP contribution >= 0.6 is 11.6 Å². The van der Waals surface area contributed by atoms with Crippen molar-refractivity contribution in [3.05, 3.63) is 35.4 Å². The summed E-state index contributed by atoms with van der Waals surface area (Å²) in [5.74, 6) is -1.85. The zero-order valence-corrected chi connectivity index (χ0v) is 10.6. The van der Waals surface area contributed by atoms with E-state index in [4.69, 9.17) is 11.6 Å². The first-order chi connectivity index (χ1) is 8.58. The van der Waals surface area contributed by atoms with Crippen molar-refractivity contribution in [2.24, 2.45) is 5.41 Å². The van der Waals surface area contributed by atoms with Gasteiger partial charge in [0, 0.05) is 12.4 Å². The first-order valence-electron chi connectivity index (χ1n) is 5.86. The average molecular weight is 274 g/mol. The topological polar surface area (TPSA) is 29.1 Å². The zero-order chi connectivity index (χ0) is 13.2. The molecule has 98 valence electrons. The molecule has 0 aliphatic heterocycles. The summed E-state index contributed by atoms with van der Waals surface area (Å²) in [6, 6.07) is 3.38. The van der Waals surface area contributed by atoms with Gasteiger partial charge in [-0.3, -0.25) is 4.79 Å². The SMILES string of the molecule is O=C(NCC1(CCCl)CC1)c1c(F)cccc1F. The van der Waals surface area contributed by atoms with Crippen LogP contribution in [0, 0.1) is 17.0 Å². The summed E-state index contributed by atoms with van der Waals surface area (Å²) < 4.78 is 26.7. The third-order valence-electron chi connectivity index (χ3n) is 3.40. The molecule has 5 heteroatoms. The Hall–Kier alpha value is -1.16. The molecule has 0 bridgehead atoms. The molecule has 1 aliphatic carbocycles. The van der Waals surface area contributed by atoms with Crippen molar-refractivity contribution in [2.45, 2.75) is 19.3 Å². The highest BCUT2D eigenvalue weighted by atomic mass is 35.5. The molecular weight excluding hydrogens is 260 g/mol. The standard InChI is InChI=1S/C13H14ClF2NO/c14-7-6-13(4-5-13)8-17-12(18)11-9(15)2-1-3-10(11)16/h1-3H,4-8H2,(H,17,18). The summed E-state index contributed by atoms with van der Waals surface area (Å²) in [6.45, 7) is 0.423. The van der Waals surface area contributed by atoms with E-state index in [2.05, 4.69) is 5.32 Å². The minimum atomic E-state index is -0.838. The molecule has 1 aromatic rings. The number of alkyl halides is 1. The van der Waals surface area contributed by atoms with Gasteiger partial charge in [-0.05, 0) is 36.8 Å². The summed E-state index contributed by atoms with van der Waals surface area (Å²) in [5, 5.41) is 2.59. The normalized spacial score (nSPS) is 16.4. The van der Waals surface area contributed by atoms with Crippen molar-refractivity contribution in [1.29, 1.82) is 0 Å². The van der Waals surface area contributed by atoms with Crippen LogP contribution in [0.25, 0.3) is 0 Å². The Bertz CT molecular complexity index is 440. The zero-order valence-electron chi connectivity index (χ0n) is 9.81. The highest BCUT2D eigenvalue weighted by Crippen LogP contribution is 2.48. The molecule has 18 heavy (non-hydrogen) atoms. The van der Waals surface area contributed by atoms with E-state index >= 15 is 0 Å². The molecule has 1 saturated carbocycles. The van der Waals surface area contributed by atoms with Gasteiger partial charge in [-0.25, -0.2) is 8.78 Å². The van der Waals surface area contributed by atoms with Gasteiger partial charge in [0.15, 0.2) is 0 Å². The van der Waals surface area contributed by atoms with Crippen LogP contribution in [0.4, 0.5) is 8.78 Å². The molecule has 0 aromatic heterocycles. The maximum atomic E-state index is 13.4. The lowest BCUT2D eigenvalue weighted by atomic mass is 10.0. The fourth-order valence-corrected chi connectivity index (χ4v) is 2.36. The fourth-order valence-electron chi connectivity index (χ4n) is 1.96. The van der Waals surface area contributed by atoms with Crippen LogP contribution in [-0.2, 0) is 0 Å². The molecule has 1 aromatic carbocycles. The van der Waals surface area contributed by atoms with Gasteiger partial charge in [-0.15, -0.1) is 11.6 Å². The van der Waals surface area contributed by atoms with Gasteiger partial charge < -0.3 is 5.32 Å². The molecule has 0 atom stereocenters. The smallest absolute Gasteiger partial charge is 0.257 e. The maximum absolute atomic E-state index is 13.4. The monoisotopic (exact) mass is 273 g/mol. The Kier molecular flexibility index (Phi) is 3.85. The molecule has 0 heterocycles. The predicted molar refractivity (Wildman–Crippen MR) is 65.7 cm³/mol. The number of hydrogen-bond acceptors (Lipinski definition) is 1. The third kappa shape index (κ3) is 2.80. The first kappa shape index (κ1) is 13.3. The minimum Gasteiger partial charge on any atom is -0.351 e. The Balaban J connectivity index is 2.00. The van der Waals surface area contributed by atoms with Gasteiger partial charge in [-0.1, -0.05) is 6.07 Å². The van der Waals surface area contributed by atoms with Crippen LogP contribution < -0.4 is 5.32 Å². The van der Waals surface area contributed by atoms with Crippen molar-refractivity contribution in [3.63, 3.8) is 0 Å². The Morgan fingerprint density at radius 1 is 1.33 bits per heavy atom. The van der Waals surface area contributed by atoms with E-state index < -0.39 is 23.1 Å². The van der Waals surface area contributed by atoms with E-state index in [-0.39, 0.29) is 5.41 Å². The molecule has 0 saturated heterocycles. The van der Waals surface area contributed by atoms with Gasteiger partial charge in [-0.2, -0.15) is 0 Å². The average Bonchev–Trinajstić information content (AvgIpc) is 3.07. The molecular formula is C13H14ClF2NO. The van der Waals surface area contributed by atoms with E-state index in [9.17, 15) is 13.6 Å². The molecule has 1 N–H and O–H groups in total. The molecule has 2 rings (SSSR count). The van der Waals surface area contributed by atoms with Gasteiger partial charge in [0.05, 0.1) is 0 Å². The number of hydrogen-bond donors (Lipinski definition) is 1. The van der Waals surface area contributed by atoms with E-state index in [0.29, 0.717) is 12.4 Å². The molecule has 0 spiro atoms. The quantitative estimate of drug-likeness (QED) is 0.821. The molecule has 1 amide bonds. The second-order valence-electron chi connectivity index (χ2n) is 4.72. The van der Waals surface area contributed by atoms with Crippen LogP contribution in [0.15, 0.2) is 18.2 Å². The second kappa shape index (κ2) is 5.22. The highest BCUT2D eigenvalue weighted by Gasteiger charge is 2.42. The summed E-state index contributed by atoms with van der Waals surface area (Å²) in [4.78, 5) is 11.7. The third-order valence-corrected chi connectivity index (χ3v) is 3.58. The summed E-state index contributed by atoms with van der Waals surface area (Å²) >= 11 is 5.68. The van der Waals surface area contributed by atoms with Crippen molar-refractivity contribution in [2.75, 3.05) is 12.4 Å². The summed E-state index contributed by atoms with van der Waals surface area (Å²) in [6.07, 6.45) is 2.81. The number of carbonyl (C=O) groups is 1. The number of halogens is 3. The lowest BCUT2D eigenvalue weighted by molar-refractivity contribution is 0.0936. The molecule has 0 radical (unpaired) electrons. The first-order valence-corrected chi connectivity index (χ1v) is 6.40. The number of carbonyl (C=O) groups excluding carboxylic acids is 1. The molecule has 0 unspecified atom stereocenters. The molecule has 1 fully saturated rings. The van der Waals surface area contributed by atoms with E-state index in [1.807, 2.05) is 0 Å².